The molecule has 0 radical (unpaired) electrons. The van der Waals surface area contributed by atoms with Gasteiger partial charge < -0.3 is 5.32 Å². The zero-order valence-corrected chi connectivity index (χ0v) is 12.0. The summed E-state index contributed by atoms with van der Waals surface area (Å²) in [6.07, 6.45) is 4.68. The normalized spacial score (nSPS) is 11.2. The van der Waals surface area contributed by atoms with Crippen molar-refractivity contribution in [1.82, 2.24) is 30.4 Å². The molecule has 0 fully saturated rings. The van der Waals surface area contributed by atoms with Gasteiger partial charge in [0, 0.05) is 18.2 Å². The molecule has 0 unspecified atom stereocenters. The van der Waals surface area contributed by atoms with E-state index in [1.165, 1.54) is 18.7 Å². The third-order valence-corrected chi connectivity index (χ3v) is 2.89. The molecular formula is C14H14N8O. The van der Waals surface area contributed by atoms with E-state index in [4.69, 9.17) is 0 Å². The van der Waals surface area contributed by atoms with Crippen molar-refractivity contribution in [1.29, 1.82) is 0 Å². The van der Waals surface area contributed by atoms with Crippen molar-refractivity contribution in [2.24, 2.45) is 0 Å². The number of aromatic nitrogens is 6. The fourth-order valence-corrected chi connectivity index (χ4v) is 1.94. The minimum atomic E-state index is -0.334. The van der Waals surface area contributed by atoms with Crippen molar-refractivity contribution in [2.45, 2.75) is 6.42 Å². The van der Waals surface area contributed by atoms with E-state index in [-0.39, 0.29) is 11.9 Å². The number of allylic oxidation sites excluding steroid dienone is 1. The van der Waals surface area contributed by atoms with Gasteiger partial charge >= 0.3 is 0 Å². The minimum Gasteiger partial charge on any atom is -0.328 e. The Morgan fingerprint density at radius 2 is 1.65 bits per heavy atom. The molecule has 0 saturated carbocycles. The minimum absolute atomic E-state index is 0.282. The second-order valence-corrected chi connectivity index (χ2v) is 4.61. The standard InChI is InChI=1S/C14H14N8O/c23-12(20-14-16-9-18-22-14)7-11(19-13-15-8-17-21-13)6-10-4-2-1-3-5-10/h1-5,7-9H,6H2,(H2,15,17,19,21)(H2,16,18,20,22,23)/b11-7-. The molecule has 4 N–H and O–H groups in total. The number of anilines is 2. The molecule has 0 spiro atoms. The summed E-state index contributed by atoms with van der Waals surface area (Å²) >= 11 is 0. The molecule has 0 saturated heterocycles. The number of nitrogens with zero attached hydrogens (tertiary/aromatic N) is 4. The van der Waals surface area contributed by atoms with Gasteiger partial charge in [-0.2, -0.15) is 20.2 Å². The fraction of sp³-hybridized carbons (Fsp3) is 0.0714. The molecule has 0 bridgehead atoms. The lowest BCUT2D eigenvalue weighted by Crippen LogP contribution is -2.14. The smallest absolute Gasteiger partial charge is 0.252 e. The van der Waals surface area contributed by atoms with Gasteiger partial charge in [0.15, 0.2) is 0 Å². The van der Waals surface area contributed by atoms with Crippen molar-refractivity contribution in [2.75, 3.05) is 10.6 Å². The quantitative estimate of drug-likeness (QED) is 0.505. The number of amides is 1. The molecule has 9 nitrogen and oxygen atoms in total. The molecule has 1 aromatic carbocycles. The summed E-state index contributed by atoms with van der Waals surface area (Å²) in [6.45, 7) is 0. The largest absolute Gasteiger partial charge is 0.328 e. The summed E-state index contributed by atoms with van der Waals surface area (Å²) in [5.41, 5.74) is 1.71. The van der Waals surface area contributed by atoms with Crippen molar-refractivity contribution >= 4 is 17.8 Å². The Hall–Kier alpha value is -3.49. The number of H-pyrrole nitrogens is 2. The predicted molar refractivity (Wildman–Crippen MR) is 83.2 cm³/mol. The van der Waals surface area contributed by atoms with Crippen LogP contribution in [-0.4, -0.2) is 36.3 Å². The molecule has 0 aliphatic carbocycles. The van der Waals surface area contributed by atoms with E-state index in [1.807, 2.05) is 30.3 Å². The van der Waals surface area contributed by atoms with E-state index in [9.17, 15) is 4.79 Å². The van der Waals surface area contributed by atoms with E-state index >= 15 is 0 Å². The second-order valence-electron chi connectivity index (χ2n) is 4.61. The third kappa shape index (κ3) is 4.24. The van der Waals surface area contributed by atoms with Crippen LogP contribution < -0.4 is 10.6 Å². The van der Waals surface area contributed by atoms with E-state index in [2.05, 4.69) is 41.0 Å². The van der Waals surface area contributed by atoms with Crippen LogP contribution in [0.25, 0.3) is 0 Å². The molecule has 0 aliphatic heterocycles. The first-order valence-electron chi connectivity index (χ1n) is 6.83. The average molecular weight is 310 g/mol. The Kier molecular flexibility index (Phi) is 4.39. The molecule has 2 aromatic heterocycles. The van der Waals surface area contributed by atoms with E-state index in [0.717, 1.165) is 5.56 Å². The van der Waals surface area contributed by atoms with Crippen molar-refractivity contribution in [3.8, 4) is 0 Å². The number of hydrogen-bond donors (Lipinski definition) is 4. The zero-order valence-electron chi connectivity index (χ0n) is 12.0. The van der Waals surface area contributed by atoms with Crippen LogP contribution >= 0.6 is 0 Å². The number of benzene rings is 1. The lowest BCUT2D eigenvalue weighted by molar-refractivity contribution is -0.112. The van der Waals surface area contributed by atoms with Crippen LogP contribution in [0.1, 0.15) is 5.56 Å². The molecule has 0 aliphatic rings. The lowest BCUT2D eigenvalue weighted by atomic mass is 10.1. The number of hydrogen-bond acceptors (Lipinski definition) is 6. The molecule has 2 heterocycles. The molecule has 116 valence electrons. The van der Waals surface area contributed by atoms with Crippen LogP contribution in [0.5, 0.6) is 0 Å². The Labute approximate surface area is 131 Å². The summed E-state index contributed by atoms with van der Waals surface area (Å²) < 4.78 is 0. The van der Waals surface area contributed by atoms with Crippen LogP contribution in [-0.2, 0) is 11.2 Å². The summed E-state index contributed by atoms with van der Waals surface area (Å²) in [6, 6.07) is 9.77. The maximum Gasteiger partial charge on any atom is 0.252 e. The van der Waals surface area contributed by atoms with Crippen LogP contribution in [0.15, 0.2) is 54.8 Å². The van der Waals surface area contributed by atoms with Crippen molar-refractivity contribution in [3.05, 3.63) is 60.3 Å². The Balaban J connectivity index is 1.75. The lowest BCUT2D eigenvalue weighted by Gasteiger charge is -2.09. The summed E-state index contributed by atoms with van der Waals surface area (Å²) in [5.74, 6) is 0.407. The van der Waals surface area contributed by atoms with Gasteiger partial charge in [-0.3, -0.25) is 10.1 Å². The molecular weight excluding hydrogens is 296 g/mol. The molecule has 1 amide bonds. The maximum absolute atomic E-state index is 12.1. The van der Waals surface area contributed by atoms with Gasteiger partial charge in [0.1, 0.15) is 12.7 Å². The molecule has 3 rings (SSSR count). The predicted octanol–water partition coefficient (Wildman–Crippen LogP) is 1.10. The van der Waals surface area contributed by atoms with E-state index in [1.54, 1.807) is 0 Å². The SMILES string of the molecule is O=C(/C=C(/Cc1ccccc1)Nc1ncn[nH]1)Nc1ncn[nH]1. The Morgan fingerprint density at radius 1 is 1.00 bits per heavy atom. The van der Waals surface area contributed by atoms with Crippen LogP contribution in [0.4, 0.5) is 11.9 Å². The average Bonchev–Trinajstić information content (AvgIpc) is 3.22. The van der Waals surface area contributed by atoms with E-state index < -0.39 is 0 Å². The Morgan fingerprint density at radius 3 is 2.26 bits per heavy atom. The second kappa shape index (κ2) is 6.98. The Bertz CT molecular complexity index is 764. The third-order valence-electron chi connectivity index (χ3n) is 2.89. The van der Waals surface area contributed by atoms with Gasteiger partial charge in [-0.15, -0.1) is 0 Å². The van der Waals surface area contributed by atoms with Crippen LogP contribution in [0, 0.1) is 0 Å². The summed E-state index contributed by atoms with van der Waals surface area (Å²) in [7, 11) is 0. The summed E-state index contributed by atoms with van der Waals surface area (Å²) in [5, 5.41) is 18.3. The van der Waals surface area contributed by atoms with Crippen LogP contribution in [0.2, 0.25) is 0 Å². The van der Waals surface area contributed by atoms with Crippen molar-refractivity contribution in [3.63, 3.8) is 0 Å². The number of rotatable bonds is 6. The first-order valence-corrected chi connectivity index (χ1v) is 6.83. The topological polar surface area (TPSA) is 124 Å². The van der Waals surface area contributed by atoms with Crippen molar-refractivity contribution < 1.29 is 4.79 Å². The van der Waals surface area contributed by atoms with Gasteiger partial charge in [0.25, 0.3) is 5.91 Å². The van der Waals surface area contributed by atoms with Gasteiger partial charge in [0.2, 0.25) is 11.9 Å². The van der Waals surface area contributed by atoms with Crippen LogP contribution in [0.3, 0.4) is 0 Å². The maximum atomic E-state index is 12.1. The fourth-order valence-electron chi connectivity index (χ4n) is 1.94. The molecule has 0 atom stereocenters. The highest BCUT2D eigenvalue weighted by Crippen LogP contribution is 2.10. The van der Waals surface area contributed by atoms with Gasteiger partial charge in [-0.25, -0.2) is 10.2 Å². The van der Waals surface area contributed by atoms with Gasteiger partial charge in [-0.05, 0) is 5.56 Å². The number of carbonyl (C=O) groups is 1. The van der Waals surface area contributed by atoms with Gasteiger partial charge in [-0.1, -0.05) is 30.3 Å². The molecule has 23 heavy (non-hydrogen) atoms. The number of aromatic amines is 2. The molecule has 9 heteroatoms. The molecule has 3 aromatic rings. The first kappa shape index (κ1) is 14.4. The van der Waals surface area contributed by atoms with Gasteiger partial charge in [0.05, 0.1) is 0 Å². The highest BCUT2D eigenvalue weighted by atomic mass is 16.1. The van der Waals surface area contributed by atoms with E-state index in [0.29, 0.717) is 18.1 Å². The first-order chi connectivity index (χ1) is 11.3. The zero-order chi connectivity index (χ0) is 15.9. The number of carbonyl (C=O) groups excluding carboxylic acids is 1. The summed E-state index contributed by atoms with van der Waals surface area (Å²) in [4.78, 5) is 19.9. The number of nitrogens with one attached hydrogen (secondary N) is 4. The highest BCUT2D eigenvalue weighted by Gasteiger charge is 2.07. The monoisotopic (exact) mass is 310 g/mol. The highest BCUT2D eigenvalue weighted by molar-refractivity contribution is 5.98.